The summed E-state index contributed by atoms with van der Waals surface area (Å²) in [6.07, 6.45) is 4.35. The Hall–Kier alpha value is -2.56. The van der Waals surface area contributed by atoms with Gasteiger partial charge in [-0.15, -0.1) is 0 Å². The maximum absolute atomic E-state index is 12.6. The van der Waals surface area contributed by atoms with Gasteiger partial charge in [-0.05, 0) is 36.2 Å². The fourth-order valence-electron chi connectivity index (χ4n) is 3.20. The summed E-state index contributed by atoms with van der Waals surface area (Å²) in [5.41, 5.74) is 2.92. The van der Waals surface area contributed by atoms with E-state index in [1.54, 1.807) is 0 Å². The van der Waals surface area contributed by atoms with Crippen molar-refractivity contribution < 1.29 is 9.59 Å². The van der Waals surface area contributed by atoms with Crippen LogP contribution in [0.3, 0.4) is 0 Å². The minimum atomic E-state index is 0.0551. The standard InChI is InChI=1S/C20H25N3O2/c1-2-4-16-6-8-17(9-7-16)20(25)23-13-11-22(12-14-23)19(24)15-18-5-3-10-21-18/h3,5-10,21H,2,4,11-15H2,1H3. The number of aromatic nitrogens is 1. The average Bonchev–Trinajstić information content (AvgIpc) is 3.15. The van der Waals surface area contributed by atoms with Gasteiger partial charge >= 0.3 is 0 Å². The molecule has 5 nitrogen and oxygen atoms in total. The normalized spacial score (nSPS) is 14.6. The fraction of sp³-hybridized carbons (Fsp3) is 0.400. The van der Waals surface area contributed by atoms with Gasteiger partial charge in [0.2, 0.25) is 5.91 Å². The Labute approximate surface area is 148 Å². The van der Waals surface area contributed by atoms with E-state index in [2.05, 4.69) is 11.9 Å². The van der Waals surface area contributed by atoms with Gasteiger partial charge in [-0.1, -0.05) is 25.5 Å². The molecule has 0 atom stereocenters. The average molecular weight is 339 g/mol. The molecule has 1 fully saturated rings. The molecular formula is C20H25N3O2. The topological polar surface area (TPSA) is 56.4 Å². The van der Waals surface area contributed by atoms with Gasteiger partial charge in [-0.25, -0.2) is 0 Å². The van der Waals surface area contributed by atoms with Crippen molar-refractivity contribution in [2.45, 2.75) is 26.2 Å². The van der Waals surface area contributed by atoms with E-state index < -0.39 is 0 Å². The van der Waals surface area contributed by atoms with Crippen LogP contribution in [0, 0.1) is 0 Å². The Kier molecular flexibility index (Phi) is 5.53. The molecular weight excluding hydrogens is 314 g/mol. The summed E-state index contributed by atoms with van der Waals surface area (Å²) in [5.74, 6) is 0.165. The number of H-pyrrole nitrogens is 1. The molecule has 1 aromatic carbocycles. The molecule has 1 aromatic heterocycles. The van der Waals surface area contributed by atoms with E-state index in [-0.39, 0.29) is 11.8 Å². The first-order valence-electron chi connectivity index (χ1n) is 8.95. The van der Waals surface area contributed by atoms with Gasteiger partial charge in [0.1, 0.15) is 0 Å². The molecule has 2 heterocycles. The van der Waals surface area contributed by atoms with Crippen LogP contribution in [0.15, 0.2) is 42.6 Å². The minimum absolute atomic E-state index is 0.0551. The zero-order valence-electron chi connectivity index (χ0n) is 14.7. The van der Waals surface area contributed by atoms with E-state index in [1.807, 2.05) is 52.4 Å². The van der Waals surface area contributed by atoms with E-state index >= 15 is 0 Å². The molecule has 0 saturated carbocycles. The lowest BCUT2D eigenvalue weighted by Gasteiger charge is -2.34. The van der Waals surface area contributed by atoms with Crippen LogP contribution >= 0.6 is 0 Å². The number of nitrogens with one attached hydrogen (secondary N) is 1. The van der Waals surface area contributed by atoms with Gasteiger partial charge in [-0.3, -0.25) is 9.59 Å². The quantitative estimate of drug-likeness (QED) is 0.910. The number of aryl methyl sites for hydroxylation is 1. The number of nitrogens with zero attached hydrogens (tertiary/aromatic N) is 2. The molecule has 3 rings (SSSR count). The molecule has 0 aliphatic carbocycles. The van der Waals surface area contributed by atoms with Crippen LogP contribution in [0.1, 0.15) is 35.0 Å². The number of rotatable bonds is 5. The van der Waals surface area contributed by atoms with Crippen LogP contribution < -0.4 is 0 Å². The zero-order valence-corrected chi connectivity index (χ0v) is 14.7. The summed E-state index contributed by atoms with van der Waals surface area (Å²) in [4.78, 5) is 31.7. The highest BCUT2D eigenvalue weighted by Crippen LogP contribution is 2.12. The van der Waals surface area contributed by atoms with Crippen molar-refractivity contribution >= 4 is 11.8 Å². The third-order valence-electron chi connectivity index (χ3n) is 4.66. The van der Waals surface area contributed by atoms with E-state index in [0.717, 1.165) is 24.1 Å². The molecule has 2 aromatic rings. The number of aromatic amines is 1. The molecule has 132 valence electrons. The number of benzene rings is 1. The number of carbonyl (C=O) groups excluding carboxylic acids is 2. The van der Waals surface area contributed by atoms with Gasteiger partial charge in [-0.2, -0.15) is 0 Å². The van der Waals surface area contributed by atoms with E-state index in [9.17, 15) is 9.59 Å². The molecule has 1 saturated heterocycles. The lowest BCUT2D eigenvalue weighted by atomic mass is 10.1. The Morgan fingerprint density at radius 3 is 2.28 bits per heavy atom. The summed E-state index contributed by atoms with van der Waals surface area (Å²) in [6.45, 7) is 4.52. The molecule has 25 heavy (non-hydrogen) atoms. The van der Waals surface area contributed by atoms with Crippen molar-refractivity contribution in [2.24, 2.45) is 0 Å². The summed E-state index contributed by atoms with van der Waals surface area (Å²) < 4.78 is 0. The van der Waals surface area contributed by atoms with Crippen LogP contribution in [-0.2, 0) is 17.6 Å². The summed E-state index contributed by atoms with van der Waals surface area (Å²) >= 11 is 0. The number of hydrogen-bond donors (Lipinski definition) is 1. The highest BCUT2D eigenvalue weighted by molar-refractivity contribution is 5.94. The van der Waals surface area contributed by atoms with Gasteiger partial charge in [0.25, 0.3) is 5.91 Å². The third-order valence-corrected chi connectivity index (χ3v) is 4.66. The van der Waals surface area contributed by atoms with Crippen molar-refractivity contribution in [3.63, 3.8) is 0 Å². The maximum atomic E-state index is 12.6. The second-order valence-electron chi connectivity index (χ2n) is 6.49. The maximum Gasteiger partial charge on any atom is 0.253 e. The Morgan fingerprint density at radius 1 is 1.00 bits per heavy atom. The number of amides is 2. The van der Waals surface area contributed by atoms with Crippen molar-refractivity contribution in [3.8, 4) is 0 Å². The van der Waals surface area contributed by atoms with E-state index in [1.165, 1.54) is 5.56 Å². The highest BCUT2D eigenvalue weighted by atomic mass is 16.2. The Morgan fingerprint density at radius 2 is 1.68 bits per heavy atom. The molecule has 2 amide bonds. The number of carbonyl (C=O) groups is 2. The van der Waals surface area contributed by atoms with Gasteiger partial charge < -0.3 is 14.8 Å². The molecule has 5 heteroatoms. The summed E-state index contributed by atoms with van der Waals surface area (Å²) in [5, 5.41) is 0. The van der Waals surface area contributed by atoms with Crippen LogP contribution in [0.4, 0.5) is 0 Å². The lowest BCUT2D eigenvalue weighted by Crippen LogP contribution is -2.51. The molecule has 1 aliphatic rings. The summed E-state index contributed by atoms with van der Waals surface area (Å²) in [6, 6.07) is 11.7. The van der Waals surface area contributed by atoms with Crippen molar-refractivity contribution in [3.05, 3.63) is 59.4 Å². The molecule has 0 spiro atoms. The first-order valence-corrected chi connectivity index (χ1v) is 8.95. The Balaban J connectivity index is 1.52. The van der Waals surface area contributed by atoms with Crippen LogP contribution in [0.5, 0.6) is 0 Å². The van der Waals surface area contributed by atoms with Gasteiger partial charge in [0.05, 0.1) is 6.42 Å². The van der Waals surface area contributed by atoms with Crippen LogP contribution in [0.2, 0.25) is 0 Å². The van der Waals surface area contributed by atoms with Crippen molar-refractivity contribution in [2.75, 3.05) is 26.2 Å². The van der Waals surface area contributed by atoms with E-state index in [4.69, 9.17) is 0 Å². The van der Waals surface area contributed by atoms with Crippen LogP contribution in [0.25, 0.3) is 0 Å². The first kappa shape index (κ1) is 17.3. The summed E-state index contributed by atoms with van der Waals surface area (Å²) in [7, 11) is 0. The monoisotopic (exact) mass is 339 g/mol. The SMILES string of the molecule is CCCc1ccc(C(=O)N2CCN(C(=O)Cc3ccc[nH]3)CC2)cc1. The molecule has 0 unspecified atom stereocenters. The molecule has 1 N–H and O–H groups in total. The van der Waals surface area contributed by atoms with E-state index in [0.29, 0.717) is 32.6 Å². The smallest absolute Gasteiger partial charge is 0.253 e. The Bertz CT molecular complexity index is 699. The second-order valence-corrected chi connectivity index (χ2v) is 6.49. The number of hydrogen-bond acceptors (Lipinski definition) is 2. The minimum Gasteiger partial charge on any atom is -0.365 e. The first-order chi connectivity index (χ1) is 12.2. The molecule has 0 bridgehead atoms. The largest absolute Gasteiger partial charge is 0.365 e. The third kappa shape index (κ3) is 4.29. The predicted octanol–water partition coefficient (Wildman–Crippen LogP) is 2.49. The molecule has 0 radical (unpaired) electrons. The number of piperazine rings is 1. The van der Waals surface area contributed by atoms with Gasteiger partial charge in [0.15, 0.2) is 0 Å². The van der Waals surface area contributed by atoms with Crippen molar-refractivity contribution in [1.29, 1.82) is 0 Å². The zero-order chi connectivity index (χ0) is 17.6. The predicted molar refractivity (Wildman–Crippen MR) is 97.4 cm³/mol. The van der Waals surface area contributed by atoms with Crippen LogP contribution in [-0.4, -0.2) is 52.8 Å². The second kappa shape index (κ2) is 8.01. The van der Waals surface area contributed by atoms with Gasteiger partial charge in [0, 0.05) is 43.6 Å². The van der Waals surface area contributed by atoms with Crippen molar-refractivity contribution in [1.82, 2.24) is 14.8 Å². The highest BCUT2D eigenvalue weighted by Gasteiger charge is 2.24. The lowest BCUT2D eigenvalue weighted by molar-refractivity contribution is -0.132. The fourth-order valence-corrected chi connectivity index (χ4v) is 3.20. The molecule has 1 aliphatic heterocycles.